The number of amides is 1. The lowest BCUT2D eigenvalue weighted by Crippen LogP contribution is -2.19. The summed E-state index contributed by atoms with van der Waals surface area (Å²) in [6.45, 7) is 0. The normalized spacial score (nSPS) is 16.4. The molecule has 0 bridgehead atoms. The quantitative estimate of drug-likeness (QED) is 0.671. The van der Waals surface area contributed by atoms with E-state index in [1.807, 2.05) is 0 Å². The van der Waals surface area contributed by atoms with Crippen LogP contribution in [0.3, 0.4) is 0 Å². The standard InChI is InChI=1S/C19H16Cl2N2O4S/c1-25-13-7-10(8-14(26-2)17(13)27-3)9-15-18(24)23-19(28-15)22-12-6-4-5-11(20)16(12)21/h4-9H,1-3H3,(H,22,23,24). The fraction of sp³-hybridized carbons (Fsp3) is 0.158. The number of ether oxygens (including phenoxy) is 3. The van der Waals surface area contributed by atoms with Gasteiger partial charge in [-0.1, -0.05) is 29.3 Å². The highest BCUT2D eigenvalue weighted by Crippen LogP contribution is 2.40. The maximum atomic E-state index is 12.3. The Morgan fingerprint density at radius 2 is 1.75 bits per heavy atom. The Hall–Kier alpha value is -2.35. The van der Waals surface area contributed by atoms with Gasteiger partial charge in [0, 0.05) is 0 Å². The van der Waals surface area contributed by atoms with E-state index in [-0.39, 0.29) is 5.91 Å². The molecule has 1 fully saturated rings. The second kappa shape index (κ2) is 8.77. The van der Waals surface area contributed by atoms with E-state index in [9.17, 15) is 4.79 Å². The molecular formula is C19H16Cl2N2O4S. The van der Waals surface area contributed by atoms with Crippen LogP contribution in [-0.2, 0) is 4.79 Å². The van der Waals surface area contributed by atoms with E-state index in [0.717, 1.165) is 0 Å². The van der Waals surface area contributed by atoms with E-state index in [4.69, 9.17) is 37.4 Å². The molecule has 2 aromatic carbocycles. The van der Waals surface area contributed by atoms with E-state index >= 15 is 0 Å². The summed E-state index contributed by atoms with van der Waals surface area (Å²) in [5.74, 6) is 1.21. The number of benzene rings is 2. The van der Waals surface area contributed by atoms with Gasteiger partial charge in [0.25, 0.3) is 5.91 Å². The number of methoxy groups -OCH3 is 3. The molecule has 1 N–H and O–H groups in total. The van der Waals surface area contributed by atoms with Crippen molar-refractivity contribution in [3.05, 3.63) is 50.8 Å². The Balaban J connectivity index is 1.93. The molecule has 2 aromatic rings. The monoisotopic (exact) mass is 438 g/mol. The molecule has 28 heavy (non-hydrogen) atoms. The lowest BCUT2D eigenvalue weighted by atomic mass is 10.1. The minimum atomic E-state index is -0.268. The van der Waals surface area contributed by atoms with Gasteiger partial charge in [-0.05, 0) is 47.7 Å². The van der Waals surface area contributed by atoms with Gasteiger partial charge < -0.3 is 19.5 Å². The third kappa shape index (κ3) is 4.22. The summed E-state index contributed by atoms with van der Waals surface area (Å²) in [7, 11) is 4.60. The van der Waals surface area contributed by atoms with E-state index in [0.29, 0.717) is 48.6 Å². The van der Waals surface area contributed by atoms with Crippen molar-refractivity contribution in [2.24, 2.45) is 4.99 Å². The molecule has 1 saturated heterocycles. The Morgan fingerprint density at radius 1 is 1.07 bits per heavy atom. The first kappa shape index (κ1) is 20.4. The van der Waals surface area contributed by atoms with E-state index < -0.39 is 0 Å². The summed E-state index contributed by atoms with van der Waals surface area (Å²) in [5.41, 5.74) is 1.19. The number of nitrogens with zero attached hydrogens (tertiary/aromatic N) is 1. The third-order valence-corrected chi connectivity index (χ3v) is 5.51. The summed E-state index contributed by atoms with van der Waals surface area (Å²) in [6.07, 6.45) is 1.71. The highest BCUT2D eigenvalue weighted by Gasteiger charge is 2.25. The van der Waals surface area contributed by atoms with Crippen LogP contribution in [0.25, 0.3) is 6.08 Å². The van der Waals surface area contributed by atoms with E-state index in [1.54, 1.807) is 36.4 Å². The summed E-state index contributed by atoms with van der Waals surface area (Å²) in [4.78, 5) is 17.2. The maximum absolute atomic E-state index is 12.3. The first-order valence-electron chi connectivity index (χ1n) is 8.00. The van der Waals surface area contributed by atoms with Gasteiger partial charge in [0.2, 0.25) is 5.75 Å². The third-order valence-electron chi connectivity index (χ3n) is 3.79. The van der Waals surface area contributed by atoms with Gasteiger partial charge in [-0.15, -0.1) is 0 Å². The summed E-state index contributed by atoms with van der Waals surface area (Å²) in [5, 5.41) is 3.85. The van der Waals surface area contributed by atoms with Crippen molar-refractivity contribution in [1.82, 2.24) is 5.32 Å². The summed E-state index contributed by atoms with van der Waals surface area (Å²) >= 11 is 13.4. The second-order valence-corrected chi connectivity index (χ2v) is 7.33. The molecule has 1 aliphatic heterocycles. The largest absolute Gasteiger partial charge is 0.493 e. The van der Waals surface area contributed by atoms with Gasteiger partial charge in [0.05, 0.1) is 42.0 Å². The van der Waals surface area contributed by atoms with Crippen molar-refractivity contribution in [3.8, 4) is 17.2 Å². The Bertz CT molecular complexity index is 967. The van der Waals surface area contributed by atoms with Crippen LogP contribution in [0.4, 0.5) is 5.69 Å². The predicted octanol–water partition coefficient (Wildman–Crippen LogP) is 4.91. The van der Waals surface area contributed by atoms with Crippen molar-refractivity contribution in [2.75, 3.05) is 21.3 Å². The van der Waals surface area contributed by atoms with Gasteiger partial charge in [0.1, 0.15) is 0 Å². The van der Waals surface area contributed by atoms with Gasteiger partial charge in [-0.2, -0.15) is 0 Å². The zero-order valence-electron chi connectivity index (χ0n) is 15.2. The molecule has 1 heterocycles. The average molecular weight is 439 g/mol. The van der Waals surface area contributed by atoms with Crippen LogP contribution in [0.15, 0.2) is 40.2 Å². The van der Waals surface area contributed by atoms with E-state index in [1.165, 1.54) is 33.1 Å². The molecule has 0 aliphatic carbocycles. The number of hydrogen-bond acceptors (Lipinski definition) is 6. The van der Waals surface area contributed by atoms with Gasteiger partial charge >= 0.3 is 0 Å². The number of carbonyl (C=O) groups is 1. The first-order valence-corrected chi connectivity index (χ1v) is 9.57. The molecule has 0 radical (unpaired) electrons. The fourth-order valence-electron chi connectivity index (χ4n) is 2.50. The number of thioether (sulfide) groups is 1. The summed E-state index contributed by atoms with van der Waals surface area (Å²) in [6, 6.07) is 8.64. The second-order valence-electron chi connectivity index (χ2n) is 5.51. The molecule has 1 amide bonds. The number of rotatable bonds is 5. The molecule has 0 aromatic heterocycles. The van der Waals surface area contributed by atoms with Crippen LogP contribution in [0.5, 0.6) is 17.2 Å². The maximum Gasteiger partial charge on any atom is 0.264 e. The molecule has 0 unspecified atom stereocenters. The van der Waals surface area contributed by atoms with Crippen molar-refractivity contribution >= 4 is 57.8 Å². The molecule has 0 spiro atoms. The van der Waals surface area contributed by atoms with Crippen molar-refractivity contribution in [3.63, 3.8) is 0 Å². The highest BCUT2D eigenvalue weighted by atomic mass is 35.5. The number of nitrogens with one attached hydrogen (secondary N) is 1. The first-order chi connectivity index (χ1) is 13.5. The SMILES string of the molecule is COc1cc(C=C2SC(=Nc3cccc(Cl)c3Cl)NC2=O)cc(OC)c1OC. The molecule has 1 aliphatic rings. The number of aliphatic imine (C=N–C) groups is 1. The Labute approximate surface area is 176 Å². The number of hydrogen-bond donors (Lipinski definition) is 1. The Kier molecular flexibility index (Phi) is 6.39. The average Bonchev–Trinajstić information content (AvgIpc) is 3.03. The van der Waals surface area contributed by atoms with E-state index in [2.05, 4.69) is 10.3 Å². The minimum Gasteiger partial charge on any atom is -0.493 e. The van der Waals surface area contributed by atoms with Crippen LogP contribution < -0.4 is 19.5 Å². The summed E-state index contributed by atoms with van der Waals surface area (Å²) < 4.78 is 16.0. The molecule has 0 atom stereocenters. The van der Waals surface area contributed by atoms with Crippen LogP contribution >= 0.6 is 35.0 Å². The van der Waals surface area contributed by atoms with Crippen LogP contribution in [0.2, 0.25) is 10.0 Å². The molecular weight excluding hydrogens is 423 g/mol. The van der Waals surface area contributed by atoms with Crippen molar-refractivity contribution in [1.29, 1.82) is 0 Å². The fourth-order valence-corrected chi connectivity index (χ4v) is 3.68. The van der Waals surface area contributed by atoms with Crippen LogP contribution in [0, 0.1) is 0 Å². The number of halogens is 2. The lowest BCUT2D eigenvalue weighted by Gasteiger charge is -2.12. The molecule has 146 valence electrons. The zero-order chi connectivity index (χ0) is 20.3. The van der Waals surface area contributed by atoms with Crippen LogP contribution in [-0.4, -0.2) is 32.4 Å². The van der Waals surface area contributed by atoms with Gasteiger partial charge in [0.15, 0.2) is 16.7 Å². The highest BCUT2D eigenvalue weighted by molar-refractivity contribution is 8.18. The molecule has 0 saturated carbocycles. The lowest BCUT2D eigenvalue weighted by molar-refractivity contribution is -0.115. The minimum absolute atomic E-state index is 0.268. The number of carbonyl (C=O) groups excluding carboxylic acids is 1. The van der Waals surface area contributed by atoms with Crippen molar-refractivity contribution < 1.29 is 19.0 Å². The van der Waals surface area contributed by atoms with Crippen LogP contribution in [0.1, 0.15) is 5.56 Å². The smallest absolute Gasteiger partial charge is 0.264 e. The zero-order valence-corrected chi connectivity index (χ0v) is 17.5. The molecule has 9 heteroatoms. The predicted molar refractivity (Wildman–Crippen MR) is 113 cm³/mol. The number of amidine groups is 1. The molecule has 3 rings (SSSR count). The van der Waals surface area contributed by atoms with Crippen molar-refractivity contribution in [2.45, 2.75) is 0 Å². The van der Waals surface area contributed by atoms with Gasteiger partial charge in [-0.3, -0.25) is 4.79 Å². The Morgan fingerprint density at radius 3 is 2.36 bits per heavy atom. The topological polar surface area (TPSA) is 69.2 Å². The van der Waals surface area contributed by atoms with Gasteiger partial charge in [-0.25, -0.2) is 4.99 Å². The molecule has 6 nitrogen and oxygen atoms in total.